The molecule has 0 aromatic carbocycles. The predicted molar refractivity (Wildman–Crippen MR) is 89.8 cm³/mol. The minimum atomic E-state index is 0.0360. The maximum atomic E-state index is 12.0. The van der Waals surface area contributed by atoms with Crippen LogP contribution in [0.1, 0.15) is 58.3 Å². The molecule has 2 aliphatic carbocycles. The summed E-state index contributed by atoms with van der Waals surface area (Å²) in [4.78, 5) is 14.6. The van der Waals surface area contributed by atoms with Crippen LogP contribution in [-0.2, 0) is 0 Å². The van der Waals surface area contributed by atoms with Gasteiger partial charge >= 0.3 is 6.03 Å². The van der Waals surface area contributed by atoms with Gasteiger partial charge in [-0.3, -0.25) is 0 Å². The predicted octanol–water partition coefficient (Wildman–Crippen LogP) is 2.99. The zero-order chi connectivity index (χ0) is 15.4. The number of piperidine rings is 1. The Morgan fingerprint density at radius 1 is 1.18 bits per heavy atom. The summed E-state index contributed by atoms with van der Waals surface area (Å²) in [6.45, 7) is 6.60. The van der Waals surface area contributed by atoms with Crippen LogP contribution in [0.15, 0.2) is 0 Å². The fourth-order valence-corrected chi connectivity index (χ4v) is 4.96. The molecule has 1 saturated heterocycles. The molecule has 22 heavy (non-hydrogen) atoms. The van der Waals surface area contributed by atoms with Gasteiger partial charge in [-0.15, -0.1) is 0 Å². The molecular formula is C18H33N3O. The normalized spacial score (nSPS) is 32.9. The molecule has 2 saturated carbocycles. The summed E-state index contributed by atoms with van der Waals surface area (Å²) in [6, 6.07) is 0.367. The van der Waals surface area contributed by atoms with E-state index in [2.05, 4.69) is 22.5 Å². The van der Waals surface area contributed by atoms with Crippen LogP contribution in [-0.4, -0.2) is 43.2 Å². The third kappa shape index (κ3) is 4.15. The lowest BCUT2D eigenvalue weighted by Crippen LogP contribution is -2.45. The van der Waals surface area contributed by atoms with E-state index in [9.17, 15) is 4.79 Å². The molecule has 4 heteroatoms. The van der Waals surface area contributed by atoms with Crippen molar-refractivity contribution in [2.24, 2.45) is 17.8 Å². The maximum absolute atomic E-state index is 12.0. The molecule has 4 atom stereocenters. The van der Waals surface area contributed by atoms with Crippen molar-refractivity contribution in [3.05, 3.63) is 0 Å². The lowest BCUT2D eigenvalue weighted by atomic mass is 9.84. The quantitative estimate of drug-likeness (QED) is 0.741. The molecule has 4 unspecified atom stereocenters. The summed E-state index contributed by atoms with van der Waals surface area (Å²) < 4.78 is 0. The molecule has 3 rings (SSSR count). The molecule has 126 valence electrons. The topological polar surface area (TPSA) is 44.4 Å². The van der Waals surface area contributed by atoms with Crippen molar-refractivity contribution in [1.29, 1.82) is 0 Å². The molecule has 0 aromatic rings. The van der Waals surface area contributed by atoms with Crippen molar-refractivity contribution in [1.82, 2.24) is 15.5 Å². The standard InChI is InChI=1S/C18H33N3O/c1-14(17-13-15-6-7-16(17)12-15)20-18(22)19-8-5-11-21-9-3-2-4-10-21/h14-17H,2-13H2,1H3,(H2,19,20,22). The summed E-state index contributed by atoms with van der Waals surface area (Å²) in [5.41, 5.74) is 0. The van der Waals surface area contributed by atoms with Crippen LogP contribution in [0.2, 0.25) is 0 Å². The first-order valence-electron chi connectivity index (χ1n) is 9.49. The average Bonchev–Trinajstić information content (AvgIpc) is 3.15. The van der Waals surface area contributed by atoms with Crippen molar-refractivity contribution in [2.45, 2.75) is 64.3 Å². The lowest BCUT2D eigenvalue weighted by Gasteiger charge is -2.28. The number of likely N-dealkylation sites (tertiary alicyclic amines) is 1. The van der Waals surface area contributed by atoms with Crippen molar-refractivity contribution in [2.75, 3.05) is 26.2 Å². The Bertz CT molecular complexity index is 367. The summed E-state index contributed by atoms with van der Waals surface area (Å²) in [5.74, 6) is 2.55. The number of carbonyl (C=O) groups is 1. The Labute approximate surface area is 135 Å². The van der Waals surface area contributed by atoms with Gasteiger partial charge < -0.3 is 15.5 Å². The number of nitrogens with one attached hydrogen (secondary N) is 2. The van der Waals surface area contributed by atoms with Crippen LogP contribution in [0, 0.1) is 17.8 Å². The van der Waals surface area contributed by atoms with E-state index in [0.717, 1.165) is 37.3 Å². The molecule has 3 fully saturated rings. The first-order valence-corrected chi connectivity index (χ1v) is 9.49. The highest BCUT2D eigenvalue weighted by molar-refractivity contribution is 5.74. The molecule has 0 spiro atoms. The lowest BCUT2D eigenvalue weighted by molar-refractivity contribution is 0.214. The first kappa shape index (κ1) is 16.1. The zero-order valence-corrected chi connectivity index (χ0v) is 14.2. The number of nitrogens with zero attached hydrogens (tertiary/aromatic N) is 1. The number of carbonyl (C=O) groups excluding carboxylic acids is 1. The second-order valence-electron chi connectivity index (χ2n) is 7.78. The van der Waals surface area contributed by atoms with Gasteiger partial charge in [-0.2, -0.15) is 0 Å². The number of hydrogen-bond donors (Lipinski definition) is 2. The van der Waals surface area contributed by atoms with E-state index < -0.39 is 0 Å². The molecule has 2 bridgehead atoms. The van der Waals surface area contributed by atoms with Gasteiger partial charge in [0.15, 0.2) is 0 Å². The summed E-state index contributed by atoms with van der Waals surface area (Å²) in [7, 11) is 0. The van der Waals surface area contributed by atoms with Gasteiger partial charge in [-0.25, -0.2) is 4.79 Å². The number of urea groups is 1. The van der Waals surface area contributed by atoms with Gasteiger partial charge in [-0.1, -0.05) is 12.8 Å². The second kappa shape index (κ2) is 7.67. The molecule has 1 aliphatic heterocycles. The smallest absolute Gasteiger partial charge is 0.315 e. The van der Waals surface area contributed by atoms with Gasteiger partial charge in [0.25, 0.3) is 0 Å². The fourth-order valence-electron chi connectivity index (χ4n) is 4.96. The van der Waals surface area contributed by atoms with E-state index in [1.54, 1.807) is 0 Å². The molecular weight excluding hydrogens is 274 g/mol. The largest absolute Gasteiger partial charge is 0.338 e. The van der Waals surface area contributed by atoms with Crippen molar-refractivity contribution in [3.63, 3.8) is 0 Å². The SMILES string of the molecule is CC(NC(=O)NCCCN1CCCCC1)C1CC2CCC1C2. The Kier molecular flexibility index (Phi) is 5.61. The molecule has 2 amide bonds. The number of amides is 2. The first-order chi connectivity index (χ1) is 10.7. The molecule has 3 aliphatic rings. The van der Waals surface area contributed by atoms with Gasteiger partial charge in [0.2, 0.25) is 0 Å². The summed E-state index contributed by atoms with van der Waals surface area (Å²) >= 11 is 0. The monoisotopic (exact) mass is 307 g/mol. The van der Waals surface area contributed by atoms with Crippen molar-refractivity contribution < 1.29 is 4.79 Å². The third-order valence-electron chi connectivity index (χ3n) is 6.18. The zero-order valence-electron chi connectivity index (χ0n) is 14.2. The summed E-state index contributed by atoms with van der Waals surface area (Å²) in [5, 5.41) is 6.23. The Morgan fingerprint density at radius 3 is 2.68 bits per heavy atom. The summed E-state index contributed by atoms with van der Waals surface area (Å²) in [6.07, 6.45) is 10.7. The van der Waals surface area contributed by atoms with E-state index in [1.807, 2.05) is 0 Å². The maximum Gasteiger partial charge on any atom is 0.315 e. The Hall–Kier alpha value is -0.770. The molecule has 0 aromatic heterocycles. The second-order valence-corrected chi connectivity index (χ2v) is 7.78. The fraction of sp³-hybridized carbons (Fsp3) is 0.944. The molecule has 1 heterocycles. The average molecular weight is 307 g/mol. The minimum absolute atomic E-state index is 0.0360. The number of rotatable bonds is 6. The van der Waals surface area contributed by atoms with E-state index in [1.165, 1.54) is 58.0 Å². The van der Waals surface area contributed by atoms with E-state index in [4.69, 9.17) is 0 Å². The van der Waals surface area contributed by atoms with Crippen LogP contribution in [0.3, 0.4) is 0 Å². The number of fused-ring (bicyclic) bond motifs is 2. The molecule has 0 radical (unpaired) electrons. The number of hydrogen-bond acceptors (Lipinski definition) is 2. The van der Waals surface area contributed by atoms with Crippen LogP contribution in [0.5, 0.6) is 0 Å². The van der Waals surface area contributed by atoms with Crippen LogP contribution in [0.4, 0.5) is 4.79 Å². The van der Waals surface area contributed by atoms with Gasteiger partial charge in [0.1, 0.15) is 0 Å². The van der Waals surface area contributed by atoms with Gasteiger partial charge in [0.05, 0.1) is 0 Å². The van der Waals surface area contributed by atoms with E-state index in [-0.39, 0.29) is 6.03 Å². The van der Waals surface area contributed by atoms with Crippen LogP contribution < -0.4 is 10.6 Å². The molecule has 2 N–H and O–H groups in total. The minimum Gasteiger partial charge on any atom is -0.338 e. The van der Waals surface area contributed by atoms with Crippen molar-refractivity contribution >= 4 is 6.03 Å². The molecule has 4 nitrogen and oxygen atoms in total. The van der Waals surface area contributed by atoms with Gasteiger partial charge in [-0.05, 0) is 82.8 Å². The van der Waals surface area contributed by atoms with E-state index >= 15 is 0 Å². The Balaban J connectivity index is 1.27. The highest BCUT2D eigenvalue weighted by atomic mass is 16.2. The van der Waals surface area contributed by atoms with Crippen LogP contribution >= 0.6 is 0 Å². The highest BCUT2D eigenvalue weighted by Crippen LogP contribution is 2.49. The van der Waals surface area contributed by atoms with Gasteiger partial charge in [0, 0.05) is 12.6 Å². The Morgan fingerprint density at radius 2 is 2.00 bits per heavy atom. The van der Waals surface area contributed by atoms with E-state index in [0.29, 0.717) is 6.04 Å². The third-order valence-corrected chi connectivity index (χ3v) is 6.18. The highest BCUT2D eigenvalue weighted by Gasteiger charge is 2.42. The van der Waals surface area contributed by atoms with Crippen molar-refractivity contribution in [3.8, 4) is 0 Å². The van der Waals surface area contributed by atoms with Crippen LogP contribution in [0.25, 0.3) is 0 Å².